The number of esters is 1. The molecule has 2 heterocycles. The van der Waals surface area contributed by atoms with Gasteiger partial charge in [-0.1, -0.05) is 36.4 Å². The largest absolute Gasteiger partial charge is 0.487 e. The third-order valence-electron chi connectivity index (χ3n) is 5.66. The molecule has 0 spiro atoms. The van der Waals surface area contributed by atoms with E-state index in [0.29, 0.717) is 34.3 Å². The SMILES string of the molecule is CCOC(=O)CN(Cc1cccc(OCc2nc(-c3cccs3)oc2C)c1)S(=O)(=O)N(C)c1ccccc1. The molecule has 11 heteroatoms. The Morgan fingerprint density at radius 3 is 2.58 bits per heavy atom. The molecule has 0 aliphatic carbocycles. The van der Waals surface area contributed by atoms with Crippen molar-refractivity contribution in [3.8, 4) is 16.5 Å². The van der Waals surface area contributed by atoms with E-state index in [1.165, 1.54) is 7.05 Å². The van der Waals surface area contributed by atoms with Crippen LogP contribution in [-0.2, 0) is 32.9 Å². The first kappa shape index (κ1) is 27.4. The van der Waals surface area contributed by atoms with E-state index in [-0.39, 0.29) is 19.8 Å². The second-order valence-corrected chi connectivity index (χ2v) is 11.2. The predicted octanol–water partition coefficient (Wildman–Crippen LogP) is 5.04. The fraction of sp³-hybridized carbons (Fsp3) is 0.259. The summed E-state index contributed by atoms with van der Waals surface area (Å²) in [5.41, 5.74) is 1.80. The zero-order valence-corrected chi connectivity index (χ0v) is 23.0. The van der Waals surface area contributed by atoms with Gasteiger partial charge >= 0.3 is 16.2 Å². The van der Waals surface area contributed by atoms with Gasteiger partial charge in [-0.05, 0) is 55.1 Å². The number of carbonyl (C=O) groups is 1. The van der Waals surface area contributed by atoms with Gasteiger partial charge in [0.2, 0.25) is 5.89 Å². The quantitative estimate of drug-likeness (QED) is 0.226. The van der Waals surface area contributed by atoms with Crippen LogP contribution >= 0.6 is 11.3 Å². The number of thiophene rings is 1. The molecule has 0 radical (unpaired) electrons. The van der Waals surface area contributed by atoms with Crippen LogP contribution in [0.1, 0.15) is 23.9 Å². The molecule has 0 aliphatic heterocycles. The summed E-state index contributed by atoms with van der Waals surface area (Å²) >= 11 is 1.54. The molecule has 4 rings (SSSR count). The Hall–Kier alpha value is -3.67. The standard InChI is InChI=1S/C27H29N3O6S2/c1-4-34-26(31)18-30(38(32,33)29(3)22-11-6-5-7-12-22)17-21-10-8-13-23(16-21)35-19-24-20(2)36-27(28-24)25-14-9-15-37-25/h5-16H,4,17-19H2,1-3H3. The molecular formula is C27H29N3O6S2. The molecule has 0 unspecified atom stereocenters. The van der Waals surface area contributed by atoms with E-state index in [9.17, 15) is 13.2 Å². The zero-order chi connectivity index (χ0) is 27.1. The van der Waals surface area contributed by atoms with Crippen LogP contribution in [0.4, 0.5) is 5.69 Å². The molecule has 0 aliphatic rings. The number of anilines is 1. The molecule has 0 atom stereocenters. The first-order valence-electron chi connectivity index (χ1n) is 11.9. The maximum atomic E-state index is 13.5. The summed E-state index contributed by atoms with van der Waals surface area (Å²) in [4.78, 5) is 17.8. The molecule has 2 aromatic heterocycles. The maximum Gasteiger partial charge on any atom is 0.321 e. The summed E-state index contributed by atoms with van der Waals surface area (Å²) in [6.45, 7) is 3.36. The van der Waals surface area contributed by atoms with Crippen molar-refractivity contribution in [1.82, 2.24) is 9.29 Å². The molecular weight excluding hydrogens is 526 g/mol. The van der Waals surface area contributed by atoms with Crippen molar-refractivity contribution < 1.29 is 27.1 Å². The summed E-state index contributed by atoms with van der Waals surface area (Å²) in [6.07, 6.45) is 0. The molecule has 200 valence electrons. The van der Waals surface area contributed by atoms with Crippen molar-refractivity contribution in [3.63, 3.8) is 0 Å². The highest BCUT2D eigenvalue weighted by Crippen LogP contribution is 2.27. The van der Waals surface area contributed by atoms with Gasteiger partial charge in [0, 0.05) is 13.6 Å². The van der Waals surface area contributed by atoms with Gasteiger partial charge in [0.25, 0.3) is 0 Å². The van der Waals surface area contributed by atoms with E-state index < -0.39 is 22.7 Å². The van der Waals surface area contributed by atoms with Gasteiger partial charge in [0.15, 0.2) is 0 Å². The lowest BCUT2D eigenvalue weighted by atomic mass is 10.2. The molecule has 4 aromatic rings. The van der Waals surface area contributed by atoms with Crippen molar-refractivity contribution in [3.05, 3.63) is 89.1 Å². The van der Waals surface area contributed by atoms with Crippen LogP contribution in [0.15, 0.2) is 76.5 Å². The van der Waals surface area contributed by atoms with Gasteiger partial charge in [0.05, 0.1) is 17.2 Å². The lowest BCUT2D eigenvalue weighted by Gasteiger charge is -2.28. The number of nitrogens with zero attached hydrogens (tertiary/aromatic N) is 3. The van der Waals surface area contributed by atoms with Crippen LogP contribution in [0, 0.1) is 6.92 Å². The summed E-state index contributed by atoms with van der Waals surface area (Å²) in [7, 11) is -2.60. The molecule has 38 heavy (non-hydrogen) atoms. The fourth-order valence-electron chi connectivity index (χ4n) is 3.67. The van der Waals surface area contributed by atoms with E-state index >= 15 is 0 Å². The highest BCUT2D eigenvalue weighted by Gasteiger charge is 2.30. The first-order chi connectivity index (χ1) is 18.3. The normalized spacial score (nSPS) is 11.5. The Morgan fingerprint density at radius 1 is 1.08 bits per heavy atom. The number of rotatable bonds is 12. The van der Waals surface area contributed by atoms with Gasteiger partial charge in [-0.15, -0.1) is 11.3 Å². The Balaban J connectivity index is 1.51. The van der Waals surface area contributed by atoms with E-state index in [1.807, 2.05) is 24.4 Å². The molecule has 2 aromatic carbocycles. The number of aryl methyl sites for hydroxylation is 1. The Morgan fingerprint density at radius 2 is 1.87 bits per heavy atom. The third kappa shape index (κ3) is 6.60. The monoisotopic (exact) mass is 555 g/mol. The summed E-state index contributed by atoms with van der Waals surface area (Å²) in [6, 6.07) is 19.6. The van der Waals surface area contributed by atoms with Crippen LogP contribution in [0.5, 0.6) is 5.75 Å². The molecule has 0 amide bonds. The highest BCUT2D eigenvalue weighted by molar-refractivity contribution is 7.90. The fourth-order valence-corrected chi connectivity index (χ4v) is 5.63. The molecule has 0 saturated heterocycles. The Kier molecular flexibility index (Phi) is 8.82. The maximum absolute atomic E-state index is 13.5. The number of para-hydroxylation sites is 1. The lowest BCUT2D eigenvalue weighted by Crippen LogP contribution is -2.44. The summed E-state index contributed by atoms with van der Waals surface area (Å²) in [5, 5.41) is 1.96. The van der Waals surface area contributed by atoms with Crippen molar-refractivity contribution in [2.75, 3.05) is 24.5 Å². The third-order valence-corrected chi connectivity index (χ3v) is 8.33. The molecule has 0 N–H and O–H groups in total. The molecule has 0 fully saturated rings. The van der Waals surface area contributed by atoms with E-state index in [4.69, 9.17) is 13.9 Å². The summed E-state index contributed by atoms with van der Waals surface area (Å²) < 4.78 is 46.0. The van der Waals surface area contributed by atoms with Crippen LogP contribution in [-0.4, -0.2) is 43.9 Å². The first-order valence-corrected chi connectivity index (χ1v) is 14.2. The van der Waals surface area contributed by atoms with E-state index in [2.05, 4.69) is 4.98 Å². The van der Waals surface area contributed by atoms with Crippen molar-refractivity contribution in [2.45, 2.75) is 27.0 Å². The molecule has 0 bridgehead atoms. The van der Waals surface area contributed by atoms with E-state index in [1.54, 1.807) is 72.9 Å². The average Bonchev–Trinajstić information content (AvgIpc) is 3.57. The highest BCUT2D eigenvalue weighted by atomic mass is 32.2. The Labute approximate surface area is 226 Å². The minimum Gasteiger partial charge on any atom is -0.487 e. The average molecular weight is 556 g/mol. The van der Waals surface area contributed by atoms with Crippen LogP contribution in [0.2, 0.25) is 0 Å². The number of benzene rings is 2. The minimum atomic E-state index is -4.05. The number of hydrogen-bond acceptors (Lipinski definition) is 8. The van der Waals surface area contributed by atoms with Gasteiger partial charge < -0.3 is 13.9 Å². The lowest BCUT2D eigenvalue weighted by molar-refractivity contribution is -0.143. The topological polar surface area (TPSA) is 102 Å². The number of oxazole rings is 1. The molecule has 0 saturated carbocycles. The van der Waals surface area contributed by atoms with Gasteiger partial charge in [-0.3, -0.25) is 9.10 Å². The minimum absolute atomic E-state index is 0.0545. The zero-order valence-electron chi connectivity index (χ0n) is 21.4. The van der Waals surface area contributed by atoms with Crippen molar-refractivity contribution >= 4 is 33.2 Å². The number of ether oxygens (including phenoxy) is 2. The predicted molar refractivity (Wildman–Crippen MR) is 146 cm³/mol. The smallest absolute Gasteiger partial charge is 0.321 e. The number of carbonyl (C=O) groups excluding carboxylic acids is 1. The van der Waals surface area contributed by atoms with E-state index in [0.717, 1.165) is 13.5 Å². The number of hydrogen-bond donors (Lipinski definition) is 0. The van der Waals surface area contributed by atoms with Crippen molar-refractivity contribution in [2.24, 2.45) is 0 Å². The molecule has 9 nitrogen and oxygen atoms in total. The van der Waals surface area contributed by atoms with Crippen LogP contribution in [0.3, 0.4) is 0 Å². The van der Waals surface area contributed by atoms with Gasteiger partial charge in [-0.2, -0.15) is 12.7 Å². The second-order valence-electron chi connectivity index (χ2n) is 8.32. The van der Waals surface area contributed by atoms with Crippen LogP contribution < -0.4 is 9.04 Å². The van der Waals surface area contributed by atoms with Crippen LogP contribution in [0.25, 0.3) is 10.8 Å². The number of aromatic nitrogens is 1. The van der Waals surface area contributed by atoms with Gasteiger partial charge in [0.1, 0.15) is 30.4 Å². The van der Waals surface area contributed by atoms with Gasteiger partial charge in [-0.25, -0.2) is 4.98 Å². The van der Waals surface area contributed by atoms with Crippen molar-refractivity contribution in [1.29, 1.82) is 0 Å². The Bertz CT molecular complexity index is 1450. The second kappa shape index (κ2) is 12.2. The summed E-state index contributed by atoms with van der Waals surface area (Å²) in [5.74, 6) is 1.12.